The number of piperazine rings is 1. The van der Waals surface area contributed by atoms with Crippen LogP contribution in [-0.4, -0.2) is 52.3 Å². The molecule has 1 aromatic heterocycles. The number of hydrogen-bond acceptors (Lipinski definition) is 4. The van der Waals surface area contributed by atoms with Crippen LogP contribution in [0, 0.1) is 0 Å². The molecule has 0 bridgehead atoms. The molecule has 0 atom stereocenters. The van der Waals surface area contributed by atoms with Crippen LogP contribution in [0.5, 0.6) is 0 Å². The zero-order chi connectivity index (χ0) is 12.3. The number of halogens is 2. The Bertz CT molecular complexity index is 390. The number of nitrogens with zero attached hydrogens (tertiary/aromatic N) is 4. The van der Waals surface area contributed by atoms with Crippen LogP contribution >= 0.6 is 31.9 Å². The smallest absolute Gasteiger partial charge is 0.233 e. The van der Waals surface area contributed by atoms with Crippen molar-refractivity contribution >= 4 is 43.7 Å². The summed E-state index contributed by atoms with van der Waals surface area (Å²) < 4.78 is 0.870. The van der Waals surface area contributed by atoms with Crippen LogP contribution in [0.25, 0.3) is 0 Å². The van der Waals surface area contributed by atoms with Gasteiger partial charge in [0.25, 0.3) is 0 Å². The SMILES string of the molecule is O=C(CBr)N1CCN(c2ncc(Br)cn2)CC1. The van der Waals surface area contributed by atoms with Crippen molar-refractivity contribution in [1.29, 1.82) is 0 Å². The van der Waals surface area contributed by atoms with E-state index in [1.807, 2.05) is 4.90 Å². The second kappa shape index (κ2) is 5.77. The standard InChI is InChI=1S/C10H12Br2N4O/c11-5-9(17)15-1-3-16(4-2-15)10-13-6-8(12)7-14-10/h6-7H,1-5H2. The molecular formula is C10H12Br2N4O. The molecule has 0 spiro atoms. The molecule has 0 saturated carbocycles. The zero-order valence-corrected chi connectivity index (χ0v) is 12.3. The van der Waals surface area contributed by atoms with Crippen molar-refractivity contribution in [3.05, 3.63) is 16.9 Å². The van der Waals surface area contributed by atoms with Crippen molar-refractivity contribution in [1.82, 2.24) is 14.9 Å². The van der Waals surface area contributed by atoms with E-state index in [1.165, 1.54) is 0 Å². The molecular weight excluding hydrogens is 352 g/mol. The van der Waals surface area contributed by atoms with Crippen LogP contribution in [0.1, 0.15) is 0 Å². The van der Waals surface area contributed by atoms with E-state index in [0.717, 1.165) is 36.6 Å². The van der Waals surface area contributed by atoms with Gasteiger partial charge in [-0.05, 0) is 15.9 Å². The summed E-state index contributed by atoms with van der Waals surface area (Å²) in [5.74, 6) is 0.862. The Morgan fingerprint density at radius 2 is 1.82 bits per heavy atom. The molecule has 1 aromatic rings. The Morgan fingerprint density at radius 3 is 2.35 bits per heavy atom. The lowest BCUT2D eigenvalue weighted by molar-refractivity contribution is -0.128. The minimum Gasteiger partial charge on any atom is -0.338 e. The molecule has 1 aliphatic heterocycles. The predicted octanol–water partition coefficient (Wildman–Crippen LogP) is 1.28. The van der Waals surface area contributed by atoms with E-state index in [4.69, 9.17) is 0 Å². The average molecular weight is 364 g/mol. The van der Waals surface area contributed by atoms with Gasteiger partial charge in [-0.3, -0.25) is 4.79 Å². The van der Waals surface area contributed by atoms with Gasteiger partial charge >= 0.3 is 0 Å². The first-order chi connectivity index (χ1) is 8.20. The maximum atomic E-state index is 11.5. The Morgan fingerprint density at radius 1 is 1.24 bits per heavy atom. The van der Waals surface area contributed by atoms with Gasteiger partial charge in [-0.15, -0.1) is 0 Å². The fourth-order valence-corrected chi connectivity index (χ4v) is 2.27. The molecule has 1 fully saturated rings. The second-order valence-corrected chi connectivity index (χ2v) is 5.18. The highest BCUT2D eigenvalue weighted by Gasteiger charge is 2.21. The van der Waals surface area contributed by atoms with E-state index >= 15 is 0 Å². The highest BCUT2D eigenvalue weighted by Crippen LogP contribution is 2.13. The number of alkyl halides is 1. The molecule has 2 rings (SSSR count). The first-order valence-corrected chi connectivity index (χ1v) is 7.18. The highest BCUT2D eigenvalue weighted by molar-refractivity contribution is 9.10. The third-order valence-electron chi connectivity index (χ3n) is 2.64. The summed E-state index contributed by atoms with van der Waals surface area (Å²) in [5.41, 5.74) is 0. The Labute approximate surface area is 116 Å². The van der Waals surface area contributed by atoms with Crippen LogP contribution in [0.15, 0.2) is 16.9 Å². The van der Waals surface area contributed by atoms with Crippen molar-refractivity contribution in [2.45, 2.75) is 0 Å². The molecule has 1 aliphatic rings. The van der Waals surface area contributed by atoms with Crippen molar-refractivity contribution in [2.75, 3.05) is 36.4 Å². The monoisotopic (exact) mass is 362 g/mol. The zero-order valence-electron chi connectivity index (χ0n) is 9.14. The van der Waals surface area contributed by atoms with Crippen molar-refractivity contribution in [2.24, 2.45) is 0 Å². The molecule has 0 N–H and O–H groups in total. The third kappa shape index (κ3) is 3.16. The van der Waals surface area contributed by atoms with Crippen LogP contribution in [0.3, 0.4) is 0 Å². The van der Waals surface area contributed by atoms with Gasteiger partial charge in [-0.2, -0.15) is 0 Å². The number of hydrogen-bond donors (Lipinski definition) is 0. The Balaban J connectivity index is 1.95. The number of carbonyl (C=O) groups excluding carboxylic acids is 1. The minimum absolute atomic E-state index is 0.140. The van der Waals surface area contributed by atoms with Crippen LogP contribution in [0.2, 0.25) is 0 Å². The average Bonchev–Trinajstić information content (AvgIpc) is 2.39. The molecule has 0 radical (unpaired) electrons. The quantitative estimate of drug-likeness (QED) is 0.743. The lowest BCUT2D eigenvalue weighted by Gasteiger charge is -2.34. The number of anilines is 1. The van der Waals surface area contributed by atoms with E-state index in [2.05, 4.69) is 46.7 Å². The van der Waals surface area contributed by atoms with Crippen LogP contribution in [-0.2, 0) is 4.79 Å². The fraction of sp³-hybridized carbons (Fsp3) is 0.500. The van der Waals surface area contributed by atoms with Gasteiger partial charge in [0.2, 0.25) is 11.9 Å². The van der Waals surface area contributed by atoms with E-state index < -0.39 is 0 Å². The minimum atomic E-state index is 0.140. The molecule has 1 saturated heterocycles. The molecule has 7 heteroatoms. The Kier molecular flexibility index (Phi) is 4.33. The van der Waals surface area contributed by atoms with Crippen molar-refractivity contribution < 1.29 is 4.79 Å². The maximum absolute atomic E-state index is 11.5. The Hall–Kier alpha value is -0.690. The lowest BCUT2D eigenvalue weighted by Crippen LogP contribution is -2.49. The molecule has 0 unspecified atom stereocenters. The van der Waals surface area contributed by atoms with E-state index in [9.17, 15) is 4.79 Å². The normalized spacial score (nSPS) is 16.1. The van der Waals surface area contributed by atoms with Gasteiger partial charge in [0.1, 0.15) is 0 Å². The molecule has 1 amide bonds. The fourth-order valence-electron chi connectivity index (χ4n) is 1.71. The van der Waals surface area contributed by atoms with E-state index in [1.54, 1.807) is 12.4 Å². The van der Waals surface area contributed by atoms with Gasteiger partial charge in [-0.1, -0.05) is 15.9 Å². The molecule has 17 heavy (non-hydrogen) atoms. The molecule has 5 nitrogen and oxygen atoms in total. The van der Waals surface area contributed by atoms with Crippen LogP contribution in [0.4, 0.5) is 5.95 Å². The summed E-state index contributed by atoms with van der Waals surface area (Å²) in [4.78, 5) is 23.9. The molecule has 92 valence electrons. The second-order valence-electron chi connectivity index (χ2n) is 3.70. The summed E-state index contributed by atoms with van der Waals surface area (Å²) in [6.45, 7) is 3.01. The van der Waals surface area contributed by atoms with Gasteiger partial charge in [-0.25, -0.2) is 9.97 Å². The number of carbonyl (C=O) groups is 1. The van der Waals surface area contributed by atoms with E-state index in [0.29, 0.717) is 5.33 Å². The summed E-state index contributed by atoms with van der Waals surface area (Å²) in [5, 5.41) is 0.391. The van der Waals surface area contributed by atoms with Gasteiger partial charge in [0, 0.05) is 38.6 Å². The van der Waals surface area contributed by atoms with E-state index in [-0.39, 0.29) is 5.91 Å². The third-order valence-corrected chi connectivity index (χ3v) is 3.53. The van der Waals surface area contributed by atoms with Gasteiger partial charge in [0.15, 0.2) is 0 Å². The summed E-state index contributed by atoms with van der Waals surface area (Å²) >= 11 is 6.49. The topological polar surface area (TPSA) is 49.3 Å². The van der Waals surface area contributed by atoms with Crippen molar-refractivity contribution in [3.63, 3.8) is 0 Å². The summed E-state index contributed by atoms with van der Waals surface area (Å²) in [6, 6.07) is 0. The first kappa shape index (κ1) is 12.8. The molecule has 2 heterocycles. The first-order valence-electron chi connectivity index (χ1n) is 5.27. The summed E-state index contributed by atoms with van der Waals surface area (Å²) in [6.07, 6.45) is 3.47. The van der Waals surface area contributed by atoms with Gasteiger partial charge in [0.05, 0.1) is 9.80 Å². The molecule has 0 aliphatic carbocycles. The number of aromatic nitrogens is 2. The molecule has 0 aromatic carbocycles. The van der Waals surface area contributed by atoms with Crippen molar-refractivity contribution in [3.8, 4) is 0 Å². The van der Waals surface area contributed by atoms with Crippen LogP contribution < -0.4 is 4.90 Å². The lowest BCUT2D eigenvalue weighted by atomic mass is 10.3. The number of rotatable bonds is 2. The van der Waals surface area contributed by atoms with Gasteiger partial charge < -0.3 is 9.80 Å². The predicted molar refractivity (Wildman–Crippen MR) is 72.3 cm³/mol. The largest absolute Gasteiger partial charge is 0.338 e. The summed E-state index contributed by atoms with van der Waals surface area (Å²) in [7, 11) is 0. The highest BCUT2D eigenvalue weighted by atomic mass is 79.9. The maximum Gasteiger partial charge on any atom is 0.233 e. The number of amides is 1.